The molecule has 2 rings (SSSR count). The normalized spacial score (nSPS) is 18.9. The van der Waals surface area contributed by atoms with Crippen LogP contribution in [0.3, 0.4) is 0 Å². The Hall–Kier alpha value is -1.07. The van der Waals surface area contributed by atoms with Gasteiger partial charge in [0, 0.05) is 31.6 Å². The van der Waals surface area contributed by atoms with Crippen LogP contribution in [0.15, 0.2) is 29.3 Å². The molecule has 9 heteroatoms. The van der Waals surface area contributed by atoms with Gasteiger partial charge in [-0.15, -0.1) is 24.0 Å². The van der Waals surface area contributed by atoms with Gasteiger partial charge in [0.2, 0.25) is 10.0 Å². The number of halogens is 1. The number of nitrogens with one attached hydrogen (secondary N) is 3. The van der Waals surface area contributed by atoms with Gasteiger partial charge in [0.25, 0.3) is 0 Å². The summed E-state index contributed by atoms with van der Waals surface area (Å²) in [7, 11) is -1.63. The highest BCUT2D eigenvalue weighted by atomic mass is 127. The van der Waals surface area contributed by atoms with E-state index < -0.39 is 10.0 Å². The molecule has 0 saturated carbocycles. The highest BCUT2D eigenvalue weighted by Gasteiger charge is 2.33. The van der Waals surface area contributed by atoms with Crippen molar-refractivity contribution in [2.24, 2.45) is 4.99 Å². The van der Waals surface area contributed by atoms with Gasteiger partial charge in [-0.2, -0.15) is 0 Å². The van der Waals surface area contributed by atoms with Gasteiger partial charge in [0.05, 0.1) is 11.8 Å². The maximum absolute atomic E-state index is 11.9. The zero-order valence-electron chi connectivity index (χ0n) is 16.6. The zero-order valence-corrected chi connectivity index (χ0v) is 19.7. The molecule has 0 fully saturated rings. The SMILES string of the molecule is CN=C(NCCS(=O)(=O)NC(C)C)NC1CC(C)(C)Oc2ccccc21.I. The van der Waals surface area contributed by atoms with Crippen LogP contribution in [0, 0.1) is 0 Å². The average molecular weight is 510 g/mol. The molecule has 1 heterocycles. The number of benzene rings is 1. The molecule has 1 aromatic rings. The van der Waals surface area contributed by atoms with Crippen LogP contribution in [0.5, 0.6) is 5.75 Å². The van der Waals surface area contributed by atoms with Crippen LogP contribution in [-0.2, 0) is 10.0 Å². The number of sulfonamides is 1. The minimum atomic E-state index is -3.30. The van der Waals surface area contributed by atoms with Crippen molar-refractivity contribution in [3.05, 3.63) is 29.8 Å². The summed E-state index contributed by atoms with van der Waals surface area (Å²) in [5, 5.41) is 6.47. The van der Waals surface area contributed by atoms with Gasteiger partial charge >= 0.3 is 0 Å². The van der Waals surface area contributed by atoms with Crippen LogP contribution in [-0.4, -0.2) is 45.4 Å². The number of hydrogen-bond donors (Lipinski definition) is 3. The fraction of sp³-hybridized carbons (Fsp3) is 0.611. The summed E-state index contributed by atoms with van der Waals surface area (Å²) >= 11 is 0. The van der Waals surface area contributed by atoms with Gasteiger partial charge in [-0.05, 0) is 33.8 Å². The van der Waals surface area contributed by atoms with E-state index in [0.29, 0.717) is 5.96 Å². The number of hydrogen-bond acceptors (Lipinski definition) is 4. The Labute approximate surface area is 179 Å². The van der Waals surface area contributed by atoms with Crippen molar-refractivity contribution in [1.82, 2.24) is 15.4 Å². The molecular weight excluding hydrogens is 479 g/mol. The molecule has 1 atom stereocenters. The summed E-state index contributed by atoms with van der Waals surface area (Å²) in [4.78, 5) is 4.22. The number of aliphatic imine (C=N–C) groups is 1. The summed E-state index contributed by atoms with van der Waals surface area (Å²) < 4.78 is 32.5. The summed E-state index contributed by atoms with van der Waals surface area (Å²) in [6, 6.07) is 7.86. The molecule has 27 heavy (non-hydrogen) atoms. The van der Waals surface area contributed by atoms with Crippen molar-refractivity contribution in [2.45, 2.75) is 51.8 Å². The fourth-order valence-electron chi connectivity index (χ4n) is 3.01. The molecule has 0 spiro atoms. The van der Waals surface area contributed by atoms with Gasteiger partial charge in [-0.3, -0.25) is 4.99 Å². The average Bonchev–Trinajstić information content (AvgIpc) is 2.51. The Balaban J connectivity index is 0.00000364. The first-order valence-corrected chi connectivity index (χ1v) is 10.5. The van der Waals surface area contributed by atoms with Crippen LogP contribution >= 0.6 is 24.0 Å². The predicted molar refractivity (Wildman–Crippen MR) is 120 cm³/mol. The summed E-state index contributed by atoms with van der Waals surface area (Å²) in [5.74, 6) is 1.42. The summed E-state index contributed by atoms with van der Waals surface area (Å²) in [5.41, 5.74) is 0.777. The number of para-hydroxylation sites is 1. The Bertz CT molecular complexity index is 751. The number of rotatable bonds is 6. The number of fused-ring (bicyclic) bond motifs is 1. The summed E-state index contributed by atoms with van der Waals surface area (Å²) in [6.07, 6.45) is 0.776. The van der Waals surface area contributed by atoms with Gasteiger partial charge in [-0.25, -0.2) is 13.1 Å². The van der Waals surface area contributed by atoms with Crippen molar-refractivity contribution in [3.8, 4) is 5.75 Å². The van der Waals surface area contributed by atoms with E-state index in [1.54, 1.807) is 20.9 Å². The molecule has 7 nitrogen and oxygen atoms in total. The van der Waals surface area contributed by atoms with Gasteiger partial charge in [-0.1, -0.05) is 18.2 Å². The van der Waals surface area contributed by atoms with Crippen LogP contribution < -0.4 is 20.1 Å². The summed E-state index contributed by atoms with van der Waals surface area (Å²) in [6.45, 7) is 7.98. The molecule has 1 unspecified atom stereocenters. The second kappa shape index (κ2) is 9.92. The molecule has 0 aromatic heterocycles. The van der Waals surface area contributed by atoms with Crippen LogP contribution in [0.1, 0.15) is 45.7 Å². The molecule has 0 saturated heterocycles. The highest BCUT2D eigenvalue weighted by Crippen LogP contribution is 2.39. The van der Waals surface area contributed by atoms with Crippen molar-refractivity contribution in [1.29, 1.82) is 0 Å². The minimum Gasteiger partial charge on any atom is -0.487 e. The molecule has 3 N–H and O–H groups in total. The number of ether oxygens (including phenoxy) is 1. The van der Waals surface area contributed by atoms with Crippen LogP contribution in [0.4, 0.5) is 0 Å². The molecular formula is C18H31IN4O3S. The molecule has 0 radical (unpaired) electrons. The van der Waals surface area contributed by atoms with E-state index in [0.717, 1.165) is 17.7 Å². The van der Waals surface area contributed by atoms with Crippen molar-refractivity contribution in [2.75, 3.05) is 19.3 Å². The monoisotopic (exact) mass is 510 g/mol. The zero-order chi connectivity index (χ0) is 19.4. The topological polar surface area (TPSA) is 91.8 Å². The lowest BCUT2D eigenvalue weighted by Crippen LogP contribution is -2.46. The predicted octanol–water partition coefficient (Wildman–Crippen LogP) is 2.40. The largest absolute Gasteiger partial charge is 0.487 e. The van der Waals surface area contributed by atoms with E-state index in [-0.39, 0.29) is 54.0 Å². The lowest BCUT2D eigenvalue weighted by molar-refractivity contribution is 0.0694. The van der Waals surface area contributed by atoms with Crippen molar-refractivity contribution in [3.63, 3.8) is 0 Å². The Morgan fingerprint density at radius 2 is 2.00 bits per heavy atom. The third-order valence-electron chi connectivity index (χ3n) is 3.99. The first-order valence-electron chi connectivity index (χ1n) is 8.87. The fourth-order valence-corrected chi connectivity index (χ4v) is 4.22. The van der Waals surface area contributed by atoms with E-state index in [1.165, 1.54) is 0 Å². The second-order valence-electron chi connectivity index (χ2n) is 7.39. The molecule has 0 aliphatic carbocycles. The Morgan fingerprint density at radius 3 is 2.63 bits per heavy atom. The third kappa shape index (κ3) is 7.46. The van der Waals surface area contributed by atoms with Gasteiger partial charge in [0.15, 0.2) is 5.96 Å². The standard InChI is InChI=1S/C18H30N4O3S.HI/c1-13(2)22-26(23,24)11-10-20-17(19-5)21-15-12-18(3,4)25-16-9-7-6-8-14(15)16;/h6-9,13,15,22H,10-12H2,1-5H3,(H2,19,20,21);1H. The third-order valence-corrected chi connectivity index (χ3v) is 5.56. The molecule has 0 amide bonds. The second-order valence-corrected chi connectivity index (χ2v) is 9.26. The molecule has 1 aliphatic rings. The van der Waals surface area contributed by atoms with E-state index in [9.17, 15) is 8.42 Å². The lowest BCUT2D eigenvalue weighted by atomic mass is 9.90. The molecule has 1 aromatic carbocycles. The van der Waals surface area contributed by atoms with E-state index in [1.807, 2.05) is 24.3 Å². The van der Waals surface area contributed by atoms with E-state index >= 15 is 0 Å². The molecule has 0 bridgehead atoms. The molecule has 154 valence electrons. The Kier molecular flexibility index (Phi) is 8.81. The van der Waals surface area contributed by atoms with E-state index in [2.05, 4.69) is 34.2 Å². The molecule has 1 aliphatic heterocycles. The van der Waals surface area contributed by atoms with Gasteiger partial charge < -0.3 is 15.4 Å². The lowest BCUT2D eigenvalue weighted by Gasteiger charge is -2.38. The minimum absolute atomic E-state index is 0. The van der Waals surface area contributed by atoms with Crippen LogP contribution in [0.2, 0.25) is 0 Å². The Morgan fingerprint density at radius 1 is 1.33 bits per heavy atom. The highest BCUT2D eigenvalue weighted by molar-refractivity contribution is 14.0. The van der Waals surface area contributed by atoms with Crippen molar-refractivity contribution >= 4 is 40.0 Å². The maximum atomic E-state index is 11.9. The van der Waals surface area contributed by atoms with Crippen LogP contribution in [0.25, 0.3) is 0 Å². The quantitative estimate of drug-likeness (QED) is 0.311. The van der Waals surface area contributed by atoms with E-state index in [4.69, 9.17) is 4.74 Å². The smallest absolute Gasteiger partial charge is 0.213 e. The first kappa shape index (κ1) is 24.0. The first-order chi connectivity index (χ1) is 12.1. The number of guanidine groups is 1. The number of nitrogens with zero attached hydrogens (tertiary/aromatic N) is 1. The van der Waals surface area contributed by atoms with Gasteiger partial charge in [0.1, 0.15) is 11.4 Å². The maximum Gasteiger partial charge on any atom is 0.213 e. The van der Waals surface area contributed by atoms with Crippen molar-refractivity contribution < 1.29 is 13.2 Å².